The molecule has 1 saturated heterocycles. The predicted octanol–water partition coefficient (Wildman–Crippen LogP) is 1.22. The molecule has 0 saturated carbocycles. The Bertz CT molecular complexity index is 930. The SMILES string of the molecule is O=[N+]([O-])c1ccccc1S(=O)(=O)N(C[C@@H](O)C[NH+]1CCCCC1)c1ccccc1. The van der Waals surface area contributed by atoms with Crippen LogP contribution in [0.3, 0.4) is 0 Å². The van der Waals surface area contributed by atoms with Crippen LogP contribution < -0.4 is 9.21 Å². The minimum Gasteiger partial charge on any atom is -0.385 e. The molecule has 1 atom stereocenters. The van der Waals surface area contributed by atoms with E-state index in [2.05, 4.69) is 0 Å². The lowest BCUT2D eigenvalue weighted by Gasteiger charge is -2.29. The van der Waals surface area contributed by atoms with Gasteiger partial charge in [0.2, 0.25) is 0 Å². The Morgan fingerprint density at radius 3 is 2.31 bits per heavy atom. The van der Waals surface area contributed by atoms with E-state index in [4.69, 9.17) is 0 Å². The predicted molar refractivity (Wildman–Crippen MR) is 109 cm³/mol. The van der Waals surface area contributed by atoms with Crippen molar-refractivity contribution >= 4 is 21.4 Å². The van der Waals surface area contributed by atoms with Gasteiger partial charge < -0.3 is 10.0 Å². The van der Waals surface area contributed by atoms with Crippen LogP contribution in [0.1, 0.15) is 19.3 Å². The standard InChI is InChI=1S/C20H25N3O5S/c24-18(15-21-13-7-2-8-14-21)16-22(17-9-3-1-4-10-17)29(27,28)20-12-6-5-11-19(20)23(25)26/h1,3-6,9-12,18,24H,2,7-8,13-16H2/p+1/t18-/m0/s1. The first-order valence-electron chi connectivity index (χ1n) is 9.72. The van der Waals surface area contributed by atoms with Crippen molar-refractivity contribution in [2.45, 2.75) is 30.3 Å². The molecule has 0 radical (unpaired) electrons. The number of rotatable bonds is 8. The van der Waals surface area contributed by atoms with Crippen LogP contribution in [0, 0.1) is 10.1 Å². The highest BCUT2D eigenvalue weighted by Gasteiger charge is 2.33. The second-order valence-corrected chi connectivity index (χ2v) is 9.10. The molecule has 0 aliphatic carbocycles. The van der Waals surface area contributed by atoms with Crippen molar-refractivity contribution < 1.29 is 23.3 Å². The number of piperidine rings is 1. The molecule has 0 bridgehead atoms. The van der Waals surface area contributed by atoms with Crippen LogP contribution in [0.25, 0.3) is 0 Å². The van der Waals surface area contributed by atoms with E-state index in [0.717, 1.165) is 30.2 Å². The molecule has 9 heteroatoms. The Morgan fingerprint density at radius 1 is 1.03 bits per heavy atom. The summed E-state index contributed by atoms with van der Waals surface area (Å²) in [7, 11) is -4.24. The summed E-state index contributed by atoms with van der Waals surface area (Å²) in [5.74, 6) is 0. The highest BCUT2D eigenvalue weighted by Crippen LogP contribution is 2.29. The van der Waals surface area contributed by atoms with Crippen LogP contribution in [-0.2, 0) is 10.0 Å². The summed E-state index contributed by atoms with van der Waals surface area (Å²) in [4.78, 5) is 11.5. The fourth-order valence-electron chi connectivity index (χ4n) is 3.73. The van der Waals surface area contributed by atoms with Gasteiger partial charge in [0.1, 0.15) is 12.6 Å². The van der Waals surface area contributed by atoms with Crippen LogP contribution in [0.15, 0.2) is 59.5 Å². The van der Waals surface area contributed by atoms with Crippen molar-refractivity contribution in [3.8, 4) is 0 Å². The summed E-state index contributed by atoms with van der Waals surface area (Å²) in [6, 6.07) is 13.7. The summed E-state index contributed by atoms with van der Waals surface area (Å²) in [5.41, 5.74) is -0.122. The van der Waals surface area contributed by atoms with E-state index >= 15 is 0 Å². The van der Waals surface area contributed by atoms with Crippen molar-refractivity contribution in [3.63, 3.8) is 0 Å². The highest BCUT2D eigenvalue weighted by atomic mass is 32.2. The van der Waals surface area contributed by atoms with Gasteiger partial charge in [0.05, 0.1) is 30.2 Å². The number of likely N-dealkylation sites (tertiary alicyclic amines) is 1. The van der Waals surface area contributed by atoms with E-state index in [0.29, 0.717) is 12.2 Å². The molecule has 3 rings (SSSR count). The normalized spacial score (nSPS) is 16.3. The molecule has 0 unspecified atom stereocenters. The Labute approximate surface area is 170 Å². The number of anilines is 1. The van der Waals surface area contributed by atoms with Crippen LogP contribution in [0.5, 0.6) is 0 Å². The van der Waals surface area contributed by atoms with Crippen molar-refractivity contribution in [1.29, 1.82) is 0 Å². The molecule has 29 heavy (non-hydrogen) atoms. The van der Waals surface area contributed by atoms with Gasteiger partial charge in [-0.2, -0.15) is 0 Å². The average Bonchev–Trinajstić information content (AvgIpc) is 2.73. The second-order valence-electron chi connectivity index (χ2n) is 7.27. The topological polar surface area (TPSA) is 105 Å². The smallest absolute Gasteiger partial charge is 0.289 e. The number of benzene rings is 2. The lowest BCUT2D eigenvalue weighted by Crippen LogP contribution is -3.14. The third-order valence-electron chi connectivity index (χ3n) is 5.14. The summed E-state index contributed by atoms with van der Waals surface area (Å²) in [5, 5.41) is 22.0. The van der Waals surface area contributed by atoms with Gasteiger partial charge in [-0.05, 0) is 37.5 Å². The summed E-state index contributed by atoms with van der Waals surface area (Å²) in [6.45, 7) is 2.19. The molecule has 1 aliphatic rings. The van der Waals surface area contributed by atoms with Crippen molar-refractivity contribution in [1.82, 2.24) is 0 Å². The molecular weight excluding hydrogens is 394 g/mol. The molecule has 156 valence electrons. The second kappa shape index (κ2) is 9.34. The first-order chi connectivity index (χ1) is 13.9. The van der Waals surface area contributed by atoms with Gasteiger partial charge in [-0.25, -0.2) is 8.42 Å². The van der Waals surface area contributed by atoms with Gasteiger partial charge in [0.15, 0.2) is 4.90 Å². The number of nitrogens with zero attached hydrogens (tertiary/aromatic N) is 2. The Balaban J connectivity index is 1.92. The lowest BCUT2D eigenvalue weighted by molar-refractivity contribution is -0.907. The molecule has 0 aromatic heterocycles. The third-order valence-corrected chi connectivity index (χ3v) is 6.98. The maximum Gasteiger partial charge on any atom is 0.289 e. The van der Waals surface area contributed by atoms with Gasteiger partial charge >= 0.3 is 0 Å². The van der Waals surface area contributed by atoms with Gasteiger partial charge in [-0.1, -0.05) is 30.3 Å². The van der Waals surface area contributed by atoms with E-state index < -0.39 is 26.7 Å². The number of nitrogens with one attached hydrogen (secondary N) is 1. The van der Waals surface area contributed by atoms with Gasteiger partial charge in [0, 0.05) is 6.07 Å². The van der Waals surface area contributed by atoms with Crippen molar-refractivity contribution in [3.05, 3.63) is 64.7 Å². The zero-order valence-electron chi connectivity index (χ0n) is 16.1. The summed E-state index contributed by atoms with van der Waals surface area (Å²) < 4.78 is 27.9. The van der Waals surface area contributed by atoms with E-state index in [9.17, 15) is 23.6 Å². The van der Waals surface area contributed by atoms with E-state index in [1.54, 1.807) is 30.3 Å². The number of hydrogen-bond acceptors (Lipinski definition) is 5. The fourth-order valence-corrected chi connectivity index (χ4v) is 5.39. The summed E-state index contributed by atoms with van der Waals surface area (Å²) >= 11 is 0. The molecule has 2 aromatic rings. The third kappa shape index (κ3) is 5.11. The zero-order chi connectivity index (χ0) is 20.9. The van der Waals surface area contributed by atoms with Crippen LogP contribution >= 0.6 is 0 Å². The molecule has 2 N–H and O–H groups in total. The minimum absolute atomic E-state index is 0.165. The fraction of sp³-hybridized carbons (Fsp3) is 0.400. The molecule has 0 amide bonds. The van der Waals surface area contributed by atoms with Gasteiger partial charge in [-0.15, -0.1) is 0 Å². The van der Waals surface area contributed by atoms with E-state index in [1.165, 1.54) is 35.6 Å². The maximum absolute atomic E-state index is 13.4. The average molecular weight is 421 g/mol. The molecule has 1 aliphatic heterocycles. The quantitative estimate of drug-likeness (QED) is 0.494. The first-order valence-corrected chi connectivity index (χ1v) is 11.2. The first kappa shape index (κ1) is 21.2. The van der Waals surface area contributed by atoms with Crippen LogP contribution in [0.2, 0.25) is 0 Å². The highest BCUT2D eigenvalue weighted by molar-refractivity contribution is 7.93. The van der Waals surface area contributed by atoms with Crippen molar-refractivity contribution in [2.24, 2.45) is 0 Å². The number of nitro benzene ring substituents is 1. The molecule has 1 heterocycles. The number of quaternary nitrogens is 1. The Hall–Kier alpha value is -2.49. The van der Waals surface area contributed by atoms with Crippen LogP contribution in [0.4, 0.5) is 11.4 Å². The van der Waals surface area contributed by atoms with Gasteiger partial charge in [0.25, 0.3) is 15.7 Å². The molecule has 8 nitrogen and oxygen atoms in total. The maximum atomic E-state index is 13.4. The van der Waals surface area contributed by atoms with Crippen LogP contribution in [-0.4, -0.2) is 50.7 Å². The number of aliphatic hydroxyl groups is 1. The minimum atomic E-state index is -4.24. The van der Waals surface area contributed by atoms with E-state index in [-0.39, 0.29) is 11.4 Å². The lowest BCUT2D eigenvalue weighted by atomic mass is 10.1. The number of para-hydroxylation sites is 2. The molecule has 0 spiro atoms. The zero-order valence-corrected chi connectivity index (χ0v) is 16.9. The van der Waals surface area contributed by atoms with Gasteiger partial charge in [-0.3, -0.25) is 14.4 Å². The Morgan fingerprint density at radius 2 is 1.66 bits per heavy atom. The summed E-state index contributed by atoms with van der Waals surface area (Å²) in [6.07, 6.45) is 2.49. The number of sulfonamides is 1. The largest absolute Gasteiger partial charge is 0.385 e. The number of nitro groups is 1. The molecule has 2 aromatic carbocycles. The number of hydrogen-bond donors (Lipinski definition) is 2. The van der Waals surface area contributed by atoms with E-state index in [1.807, 2.05) is 0 Å². The molecular formula is C20H26N3O5S+. The Kier molecular flexibility index (Phi) is 6.83. The molecule has 1 fully saturated rings. The number of aliphatic hydroxyl groups excluding tert-OH is 1. The van der Waals surface area contributed by atoms with Crippen molar-refractivity contribution in [2.75, 3.05) is 30.5 Å². The monoisotopic (exact) mass is 420 g/mol.